The molecule has 0 radical (unpaired) electrons. The normalized spacial score (nSPS) is 20.5. The first-order valence-electron chi connectivity index (χ1n) is 8.01. The number of anilines is 1. The lowest BCUT2D eigenvalue weighted by atomic mass is 9.74. The second kappa shape index (κ2) is 6.06. The Balaban J connectivity index is 1.90. The van der Waals surface area contributed by atoms with E-state index in [0.717, 1.165) is 50.2 Å². The van der Waals surface area contributed by atoms with Crippen LogP contribution in [0.5, 0.6) is 5.75 Å². The van der Waals surface area contributed by atoms with E-state index in [-0.39, 0.29) is 5.41 Å². The average Bonchev–Trinajstić information content (AvgIpc) is 2.55. The molecule has 1 N–H and O–H groups in total. The van der Waals surface area contributed by atoms with Crippen molar-refractivity contribution in [3.05, 3.63) is 24.3 Å². The number of hydrogen-bond donors (Lipinski definition) is 1. The molecule has 21 heavy (non-hydrogen) atoms. The zero-order valence-corrected chi connectivity index (χ0v) is 12.7. The summed E-state index contributed by atoms with van der Waals surface area (Å²) in [6.07, 6.45) is 3.92. The van der Waals surface area contributed by atoms with Gasteiger partial charge in [-0.15, -0.1) is 0 Å². The minimum Gasteiger partial charge on any atom is -0.490 e. The van der Waals surface area contributed by atoms with Gasteiger partial charge >= 0.3 is 0 Å². The Bertz CT molecular complexity index is 504. The van der Waals surface area contributed by atoms with Crippen molar-refractivity contribution in [1.82, 2.24) is 5.32 Å². The molecule has 1 saturated heterocycles. The Hall–Kier alpha value is -1.55. The second-order valence-corrected chi connectivity index (χ2v) is 6.05. The van der Waals surface area contributed by atoms with E-state index in [4.69, 9.17) is 4.74 Å². The number of hydrogen-bond acceptors (Lipinski definition) is 3. The van der Waals surface area contributed by atoms with Crippen molar-refractivity contribution in [1.29, 1.82) is 0 Å². The van der Waals surface area contributed by atoms with Crippen LogP contribution in [0.15, 0.2) is 24.3 Å². The molecule has 1 amide bonds. The highest BCUT2D eigenvalue weighted by atomic mass is 16.5. The molecule has 0 bridgehead atoms. The molecule has 2 aliphatic rings. The highest BCUT2D eigenvalue weighted by molar-refractivity contribution is 5.99. The molecule has 4 heteroatoms. The van der Waals surface area contributed by atoms with Crippen molar-refractivity contribution < 1.29 is 9.53 Å². The lowest BCUT2D eigenvalue weighted by Crippen LogP contribution is -2.51. The maximum atomic E-state index is 13.3. The fourth-order valence-electron chi connectivity index (χ4n) is 3.62. The number of carbonyl (C=O) groups is 1. The highest BCUT2D eigenvalue weighted by Crippen LogP contribution is 2.40. The van der Waals surface area contributed by atoms with Crippen LogP contribution < -0.4 is 15.0 Å². The fourth-order valence-corrected chi connectivity index (χ4v) is 3.62. The van der Waals surface area contributed by atoms with Gasteiger partial charge in [0, 0.05) is 0 Å². The molecule has 0 aromatic heterocycles. The van der Waals surface area contributed by atoms with Gasteiger partial charge in [0.1, 0.15) is 12.4 Å². The molecule has 2 heterocycles. The van der Waals surface area contributed by atoms with E-state index < -0.39 is 0 Å². The average molecular weight is 288 g/mol. The van der Waals surface area contributed by atoms with E-state index in [9.17, 15) is 4.79 Å². The third-order valence-electron chi connectivity index (χ3n) is 4.72. The monoisotopic (exact) mass is 288 g/mol. The number of nitrogens with one attached hydrogen (secondary N) is 1. The summed E-state index contributed by atoms with van der Waals surface area (Å²) < 4.78 is 5.68. The van der Waals surface area contributed by atoms with Gasteiger partial charge in [0.15, 0.2) is 0 Å². The Morgan fingerprint density at radius 2 is 2.10 bits per heavy atom. The van der Waals surface area contributed by atoms with Crippen LogP contribution in [0.2, 0.25) is 0 Å². The van der Waals surface area contributed by atoms with Crippen molar-refractivity contribution in [3.8, 4) is 5.75 Å². The van der Waals surface area contributed by atoms with Crippen LogP contribution >= 0.6 is 0 Å². The van der Waals surface area contributed by atoms with E-state index in [2.05, 4.69) is 12.2 Å². The van der Waals surface area contributed by atoms with Gasteiger partial charge in [0.25, 0.3) is 0 Å². The van der Waals surface area contributed by atoms with Gasteiger partial charge in [-0.25, -0.2) is 0 Å². The molecular formula is C17H24N2O2. The first-order chi connectivity index (χ1) is 10.3. The topological polar surface area (TPSA) is 41.6 Å². The molecule has 0 saturated carbocycles. The third kappa shape index (κ3) is 2.64. The zero-order valence-electron chi connectivity index (χ0n) is 12.7. The van der Waals surface area contributed by atoms with Crippen LogP contribution in [0.3, 0.4) is 0 Å². The Kier molecular flexibility index (Phi) is 4.15. The van der Waals surface area contributed by atoms with Gasteiger partial charge in [-0.2, -0.15) is 0 Å². The Morgan fingerprint density at radius 1 is 1.33 bits per heavy atom. The fraction of sp³-hybridized carbons (Fsp3) is 0.588. The molecule has 0 atom stereocenters. The molecule has 3 rings (SSSR count). The molecule has 4 nitrogen and oxygen atoms in total. The van der Waals surface area contributed by atoms with E-state index in [0.29, 0.717) is 19.1 Å². The third-order valence-corrected chi connectivity index (χ3v) is 4.72. The molecule has 1 fully saturated rings. The van der Waals surface area contributed by atoms with Gasteiger partial charge in [-0.05, 0) is 44.5 Å². The second-order valence-electron chi connectivity index (χ2n) is 6.05. The van der Waals surface area contributed by atoms with E-state index in [1.54, 1.807) is 0 Å². The Morgan fingerprint density at radius 3 is 2.86 bits per heavy atom. The number of nitrogens with zero attached hydrogens (tertiary/aromatic N) is 1. The predicted molar refractivity (Wildman–Crippen MR) is 83.7 cm³/mol. The number of amides is 1. The lowest BCUT2D eigenvalue weighted by molar-refractivity contribution is -0.130. The van der Waals surface area contributed by atoms with E-state index in [1.165, 1.54) is 0 Å². The molecule has 2 aliphatic heterocycles. The van der Waals surface area contributed by atoms with Crippen molar-refractivity contribution >= 4 is 11.6 Å². The number of rotatable bonds is 3. The van der Waals surface area contributed by atoms with Gasteiger partial charge in [-0.3, -0.25) is 4.79 Å². The van der Waals surface area contributed by atoms with E-state index in [1.807, 2.05) is 29.2 Å². The molecular weight excluding hydrogens is 264 g/mol. The van der Waals surface area contributed by atoms with E-state index >= 15 is 0 Å². The predicted octanol–water partition coefficient (Wildman–Crippen LogP) is 2.58. The van der Waals surface area contributed by atoms with Crippen molar-refractivity contribution in [2.45, 2.75) is 32.6 Å². The summed E-state index contributed by atoms with van der Waals surface area (Å²) in [5.74, 6) is 1.12. The maximum absolute atomic E-state index is 13.3. The number of para-hydroxylation sites is 2. The summed E-state index contributed by atoms with van der Waals surface area (Å²) in [6.45, 7) is 5.30. The lowest BCUT2D eigenvalue weighted by Gasteiger charge is -2.41. The largest absolute Gasteiger partial charge is 0.490 e. The van der Waals surface area contributed by atoms with Crippen LogP contribution in [-0.2, 0) is 4.79 Å². The number of fused-ring (bicyclic) bond motifs is 1. The SMILES string of the molecule is CCCC1(C(=O)N2CCOc3ccccc32)CCNCC1. The summed E-state index contributed by atoms with van der Waals surface area (Å²) in [7, 11) is 0. The highest BCUT2D eigenvalue weighted by Gasteiger charge is 2.42. The van der Waals surface area contributed by atoms with Crippen molar-refractivity contribution in [2.24, 2.45) is 5.41 Å². The van der Waals surface area contributed by atoms with Gasteiger partial charge in [0.05, 0.1) is 17.6 Å². The zero-order chi connectivity index (χ0) is 14.7. The number of ether oxygens (including phenoxy) is 1. The van der Waals surface area contributed by atoms with Crippen LogP contribution in [0.25, 0.3) is 0 Å². The first-order valence-corrected chi connectivity index (χ1v) is 8.01. The minimum atomic E-state index is -0.190. The molecule has 0 aliphatic carbocycles. The molecule has 1 aromatic rings. The summed E-state index contributed by atoms with van der Waals surface area (Å²) in [4.78, 5) is 15.2. The van der Waals surface area contributed by atoms with Crippen molar-refractivity contribution in [3.63, 3.8) is 0 Å². The Labute approximate surface area is 126 Å². The first kappa shape index (κ1) is 14.4. The van der Waals surface area contributed by atoms with Gasteiger partial charge in [-0.1, -0.05) is 25.5 Å². The van der Waals surface area contributed by atoms with Crippen LogP contribution in [0.4, 0.5) is 5.69 Å². The maximum Gasteiger partial charge on any atom is 0.233 e. The number of carbonyl (C=O) groups excluding carboxylic acids is 1. The van der Waals surface area contributed by atoms with Gasteiger partial charge < -0.3 is 15.0 Å². The van der Waals surface area contributed by atoms with Crippen molar-refractivity contribution in [2.75, 3.05) is 31.1 Å². The summed E-state index contributed by atoms with van der Waals surface area (Å²) in [5.41, 5.74) is 0.743. The van der Waals surface area contributed by atoms with Crippen LogP contribution in [0.1, 0.15) is 32.6 Å². The molecule has 0 spiro atoms. The van der Waals surface area contributed by atoms with Crippen LogP contribution in [0, 0.1) is 5.41 Å². The molecule has 114 valence electrons. The van der Waals surface area contributed by atoms with Gasteiger partial charge in [0.2, 0.25) is 5.91 Å². The quantitative estimate of drug-likeness (QED) is 0.929. The van der Waals surface area contributed by atoms with Crippen LogP contribution in [-0.4, -0.2) is 32.1 Å². The number of piperidine rings is 1. The molecule has 0 unspecified atom stereocenters. The summed E-state index contributed by atoms with van der Waals surface area (Å²) in [6, 6.07) is 7.87. The number of benzene rings is 1. The summed E-state index contributed by atoms with van der Waals surface area (Å²) >= 11 is 0. The molecule has 1 aromatic carbocycles. The smallest absolute Gasteiger partial charge is 0.233 e. The standard InChI is InChI=1S/C17H24N2O2/c1-2-7-17(8-10-18-11-9-17)16(20)19-12-13-21-15-6-4-3-5-14(15)19/h3-6,18H,2,7-13H2,1H3. The minimum absolute atomic E-state index is 0.190. The summed E-state index contributed by atoms with van der Waals surface area (Å²) in [5, 5.41) is 3.38.